The van der Waals surface area contributed by atoms with Crippen LogP contribution in [0.15, 0.2) is 28.9 Å². The second-order valence-corrected chi connectivity index (χ2v) is 5.41. The number of nitrogens with zero attached hydrogens (tertiary/aromatic N) is 3. The van der Waals surface area contributed by atoms with E-state index in [9.17, 15) is 4.79 Å². The van der Waals surface area contributed by atoms with Gasteiger partial charge in [-0.15, -0.1) is 0 Å². The van der Waals surface area contributed by atoms with Gasteiger partial charge in [0, 0.05) is 26.2 Å². The number of hydrogen-bond donors (Lipinski definition) is 0. The summed E-state index contributed by atoms with van der Waals surface area (Å²) >= 11 is 0. The van der Waals surface area contributed by atoms with Gasteiger partial charge in [-0.3, -0.25) is 9.79 Å². The van der Waals surface area contributed by atoms with Gasteiger partial charge in [-0.1, -0.05) is 12.2 Å². The second kappa shape index (κ2) is 5.70. The van der Waals surface area contributed by atoms with E-state index in [1.807, 2.05) is 30.1 Å². The average molecular weight is 261 g/mol. The second-order valence-electron chi connectivity index (χ2n) is 5.41. The molecule has 0 aromatic heterocycles. The van der Waals surface area contributed by atoms with Crippen LogP contribution in [0.3, 0.4) is 0 Å². The number of hydrogen-bond acceptors (Lipinski definition) is 3. The average Bonchev–Trinajstić information content (AvgIpc) is 3.21. The predicted molar refractivity (Wildman–Crippen MR) is 78.2 cm³/mol. The maximum absolute atomic E-state index is 12.7. The molecule has 0 atom stereocenters. The molecule has 4 nitrogen and oxygen atoms in total. The van der Waals surface area contributed by atoms with E-state index in [0.717, 1.165) is 44.7 Å². The molecule has 0 radical (unpaired) electrons. The lowest BCUT2D eigenvalue weighted by Crippen LogP contribution is -2.49. The Hall–Kier alpha value is -1.42. The molecule has 0 N–H and O–H groups in total. The van der Waals surface area contributed by atoms with E-state index in [0.29, 0.717) is 0 Å². The van der Waals surface area contributed by atoms with Crippen LogP contribution in [0.25, 0.3) is 0 Å². The summed E-state index contributed by atoms with van der Waals surface area (Å²) in [7, 11) is 2.09. The first-order valence-corrected chi connectivity index (χ1v) is 6.92. The topological polar surface area (TPSA) is 35.9 Å². The Morgan fingerprint density at radius 1 is 1.26 bits per heavy atom. The van der Waals surface area contributed by atoms with Crippen LogP contribution >= 0.6 is 0 Å². The van der Waals surface area contributed by atoms with Gasteiger partial charge in [0.25, 0.3) is 0 Å². The molecule has 1 amide bonds. The molecule has 1 saturated carbocycles. The number of aliphatic imine (C=N–C) groups is 1. The molecule has 0 bridgehead atoms. The highest BCUT2D eigenvalue weighted by Gasteiger charge is 2.54. The van der Waals surface area contributed by atoms with Crippen molar-refractivity contribution in [2.24, 2.45) is 10.4 Å². The quantitative estimate of drug-likeness (QED) is 0.570. The zero-order chi connectivity index (χ0) is 13.9. The van der Waals surface area contributed by atoms with Crippen molar-refractivity contribution < 1.29 is 4.79 Å². The fraction of sp³-hybridized carbons (Fsp3) is 0.600. The van der Waals surface area contributed by atoms with Crippen LogP contribution < -0.4 is 0 Å². The monoisotopic (exact) mass is 261 g/mol. The number of allylic oxidation sites excluding steroid dienone is 3. The maximum Gasteiger partial charge on any atom is 0.234 e. The summed E-state index contributed by atoms with van der Waals surface area (Å²) < 4.78 is 0. The largest absolute Gasteiger partial charge is 0.339 e. The minimum absolute atomic E-state index is 0.240. The Kier molecular flexibility index (Phi) is 4.20. The molecular formula is C15H23N3O. The van der Waals surface area contributed by atoms with Gasteiger partial charge in [0.1, 0.15) is 0 Å². The summed E-state index contributed by atoms with van der Waals surface area (Å²) in [6.07, 6.45) is 7.61. The minimum atomic E-state index is -0.378. The number of carbonyl (C=O) groups excluding carboxylic acids is 1. The highest BCUT2D eigenvalue weighted by Crippen LogP contribution is 2.53. The van der Waals surface area contributed by atoms with Gasteiger partial charge >= 0.3 is 0 Å². The molecule has 1 aliphatic heterocycles. The van der Waals surface area contributed by atoms with E-state index in [1.54, 1.807) is 0 Å². The van der Waals surface area contributed by atoms with E-state index < -0.39 is 0 Å². The van der Waals surface area contributed by atoms with Gasteiger partial charge in [-0.2, -0.15) is 0 Å². The minimum Gasteiger partial charge on any atom is -0.339 e. The molecule has 4 heteroatoms. The number of piperazine rings is 1. The number of rotatable bonds is 4. The third-order valence-corrected chi connectivity index (χ3v) is 4.06. The zero-order valence-corrected chi connectivity index (χ0v) is 11.9. The molecule has 2 rings (SSSR count). The van der Waals surface area contributed by atoms with Crippen LogP contribution in [0, 0.1) is 5.41 Å². The van der Waals surface area contributed by atoms with E-state index in [-0.39, 0.29) is 11.3 Å². The standard InChI is InChI=1S/C15H23N3O/c1-4-5-6-13(16-2)15(7-8-15)14(19)18-11-9-17(3)10-12-18/h4-6H,2,7-12H2,1,3H3/b5-4-,13-6-. The van der Waals surface area contributed by atoms with Crippen LogP contribution in [0.5, 0.6) is 0 Å². The summed E-state index contributed by atoms with van der Waals surface area (Å²) in [5, 5.41) is 0. The van der Waals surface area contributed by atoms with E-state index >= 15 is 0 Å². The van der Waals surface area contributed by atoms with Crippen molar-refractivity contribution in [2.45, 2.75) is 19.8 Å². The molecule has 1 saturated heterocycles. The van der Waals surface area contributed by atoms with Crippen molar-refractivity contribution in [2.75, 3.05) is 33.2 Å². The lowest BCUT2D eigenvalue weighted by Gasteiger charge is -2.34. The fourth-order valence-electron chi connectivity index (χ4n) is 2.57. The highest BCUT2D eigenvalue weighted by atomic mass is 16.2. The third kappa shape index (κ3) is 2.78. The van der Waals surface area contributed by atoms with Crippen LogP contribution in [-0.4, -0.2) is 55.7 Å². The Morgan fingerprint density at radius 3 is 2.37 bits per heavy atom. The third-order valence-electron chi connectivity index (χ3n) is 4.06. The van der Waals surface area contributed by atoms with Gasteiger partial charge in [0.15, 0.2) is 0 Å². The summed E-state index contributed by atoms with van der Waals surface area (Å²) in [6, 6.07) is 0. The van der Waals surface area contributed by atoms with Crippen LogP contribution in [-0.2, 0) is 4.79 Å². The maximum atomic E-state index is 12.7. The summed E-state index contributed by atoms with van der Waals surface area (Å²) in [6.45, 7) is 9.15. The molecule has 2 aliphatic rings. The van der Waals surface area contributed by atoms with E-state index in [1.165, 1.54) is 0 Å². The zero-order valence-electron chi connectivity index (χ0n) is 11.9. The molecule has 19 heavy (non-hydrogen) atoms. The van der Waals surface area contributed by atoms with Crippen molar-refractivity contribution in [3.05, 3.63) is 23.9 Å². The van der Waals surface area contributed by atoms with Crippen LogP contribution in [0.4, 0.5) is 0 Å². The molecule has 0 spiro atoms. The fourth-order valence-corrected chi connectivity index (χ4v) is 2.57. The van der Waals surface area contributed by atoms with Crippen molar-refractivity contribution in [1.82, 2.24) is 9.80 Å². The molecule has 1 aliphatic carbocycles. The predicted octanol–water partition coefficient (Wildman–Crippen LogP) is 1.70. The Bertz CT molecular complexity index is 413. The molecule has 0 aromatic carbocycles. The SMILES string of the molecule is C=N/C(=C\C=C/C)C1(C(=O)N2CCN(C)CC2)CC1. The molecule has 1 heterocycles. The van der Waals surface area contributed by atoms with E-state index in [2.05, 4.69) is 23.7 Å². The van der Waals surface area contributed by atoms with E-state index in [4.69, 9.17) is 0 Å². The van der Waals surface area contributed by atoms with Gasteiger partial charge < -0.3 is 9.80 Å². The normalized spacial score (nSPS) is 23.7. The van der Waals surface area contributed by atoms with Crippen molar-refractivity contribution in [3.8, 4) is 0 Å². The van der Waals surface area contributed by atoms with Gasteiger partial charge in [-0.25, -0.2) is 0 Å². The van der Waals surface area contributed by atoms with Crippen molar-refractivity contribution >= 4 is 12.6 Å². The van der Waals surface area contributed by atoms with Crippen LogP contribution in [0.1, 0.15) is 19.8 Å². The summed E-state index contributed by atoms with van der Waals surface area (Å²) in [5.41, 5.74) is 0.450. The Balaban J connectivity index is 2.11. The molecular weight excluding hydrogens is 238 g/mol. The molecule has 0 aromatic rings. The molecule has 0 unspecified atom stereocenters. The van der Waals surface area contributed by atoms with Crippen molar-refractivity contribution in [1.29, 1.82) is 0 Å². The van der Waals surface area contributed by atoms with Gasteiger partial charge in [0.05, 0.1) is 11.1 Å². The van der Waals surface area contributed by atoms with Gasteiger partial charge in [0.2, 0.25) is 5.91 Å². The lowest BCUT2D eigenvalue weighted by molar-refractivity contribution is -0.137. The van der Waals surface area contributed by atoms with Crippen LogP contribution in [0.2, 0.25) is 0 Å². The summed E-state index contributed by atoms with van der Waals surface area (Å²) in [4.78, 5) is 21.0. The van der Waals surface area contributed by atoms with Gasteiger partial charge in [-0.05, 0) is 39.6 Å². The lowest BCUT2D eigenvalue weighted by atomic mass is 9.99. The summed E-state index contributed by atoms with van der Waals surface area (Å²) in [5.74, 6) is 0.240. The number of likely N-dealkylation sites (N-methyl/N-ethyl adjacent to an activating group) is 1. The smallest absolute Gasteiger partial charge is 0.234 e. The number of carbonyl (C=O) groups is 1. The first-order valence-electron chi connectivity index (χ1n) is 6.92. The van der Waals surface area contributed by atoms with Crippen molar-refractivity contribution in [3.63, 3.8) is 0 Å². The number of amides is 1. The first kappa shape index (κ1) is 14.0. The Labute approximate surface area is 115 Å². The highest BCUT2D eigenvalue weighted by molar-refractivity contribution is 5.89. The Morgan fingerprint density at radius 2 is 1.89 bits per heavy atom. The first-order chi connectivity index (χ1) is 9.14. The molecule has 2 fully saturated rings. The molecule has 104 valence electrons.